The monoisotopic (exact) mass is 196 g/mol. The molecule has 0 spiro atoms. The standard InChI is InChI=1S/C10H16N2O2/c1-3-5-8-6-9(7-11-8)12-10(13)14-4-2/h8-9,11H,4,6-7H2,1-2H3,(H,12,13)/t8?,9-/m0/s1. The molecule has 1 fully saturated rings. The zero-order chi connectivity index (χ0) is 10.4. The summed E-state index contributed by atoms with van der Waals surface area (Å²) in [7, 11) is 0. The van der Waals surface area contributed by atoms with E-state index in [-0.39, 0.29) is 18.2 Å². The summed E-state index contributed by atoms with van der Waals surface area (Å²) in [6.07, 6.45) is 0.504. The van der Waals surface area contributed by atoms with Crippen LogP contribution in [0.15, 0.2) is 0 Å². The Morgan fingerprint density at radius 2 is 2.50 bits per heavy atom. The third kappa shape index (κ3) is 3.27. The summed E-state index contributed by atoms with van der Waals surface area (Å²) in [5.41, 5.74) is 0. The average Bonchev–Trinajstić information content (AvgIpc) is 2.53. The second-order valence-electron chi connectivity index (χ2n) is 3.15. The molecule has 2 N–H and O–H groups in total. The summed E-state index contributed by atoms with van der Waals surface area (Å²) in [4.78, 5) is 11.1. The van der Waals surface area contributed by atoms with Crippen LogP contribution in [0.25, 0.3) is 0 Å². The Hall–Kier alpha value is -1.21. The topological polar surface area (TPSA) is 50.4 Å². The molecule has 4 heteroatoms. The molecule has 2 atom stereocenters. The van der Waals surface area contributed by atoms with Crippen molar-refractivity contribution in [2.75, 3.05) is 13.2 Å². The van der Waals surface area contributed by atoms with Crippen molar-refractivity contribution in [1.29, 1.82) is 0 Å². The van der Waals surface area contributed by atoms with Crippen LogP contribution in [-0.4, -0.2) is 31.3 Å². The van der Waals surface area contributed by atoms with E-state index in [9.17, 15) is 4.79 Å². The van der Waals surface area contributed by atoms with Gasteiger partial charge in [-0.25, -0.2) is 4.79 Å². The summed E-state index contributed by atoms with van der Waals surface area (Å²) in [6, 6.07) is 0.340. The molecule has 0 aromatic carbocycles. The number of carbonyl (C=O) groups excluding carboxylic acids is 1. The highest BCUT2D eigenvalue weighted by atomic mass is 16.5. The molecule has 1 unspecified atom stereocenters. The number of amides is 1. The number of ether oxygens (including phenoxy) is 1. The zero-order valence-electron chi connectivity index (χ0n) is 8.59. The molecular formula is C10H16N2O2. The van der Waals surface area contributed by atoms with Crippen LogP contribution in [0.1, 0.15) is 20.3 Å². The average molecular weight is 196 g/mol. The fraction of sp³-hybridized carbons (Fsp3) is 0.700. The van der Waals surface area contributed by atoms with Gasteiger partial charge in [-0.15, -0.1) is 5.92 Å². The van der Waals surface area contributed by atoms with Crippen LogP contribution in [0, 0.1) is 11.8 Å². The molecule has 1 heterocycles. The molecule has 14 heavy (non-hydrogen) atoms. The van der Waals surface area contributed by atoms with E-state index < -0.39 is 0 Å². The molecule has 0 bridgehead atoms. The molecule has 4 nitrogen and oxygen atoms in total. The van der Waals surface area contributed by atoms with E-state index in [0.29, 0.717) is 6.61 Å². The fourth-order valence-electron chi connectivity index (χ4n) is 1.47. The van der Waals surface area contributed by atoms with Gasteiger partial charge >= 0.3 is 6.09 Å². The molecule has 0 aliphatic carbocycles. The van der Waals surface area contributed by atoms with E-state index in [1.165, 1.54) is 0 Å². The highest BCUT2D eigenvalue weighted by molar-refractivity contribution is 5.67. The van der Waals surface area contributed by atoms with Gasteiger partial charge in [0, 0.05) is 12.6 Å². The predicted molar refractivity (Wildman–Crippen MR) is 53.8 cm³/mol. The summed E-state index contributed by atoms with van der Waals surface area (Å²) >= 11 is 0. The number of nitrogens with one attached hydrogen (secondary N) is 2. The van der Waals surface area contributed by atoms with Gasteiger partial charge in [0.25, 0.3) is 0 Å². The molecule has 0 radical (unpaired) electrons. The Bertz CT molecular complexity index is 255. The Balaban J connectivity index is 2.27. The molecule has 1 aliphatic heterocycles. The Morgan fingerprint density at radius 3 is 3.14 bits per heavy atom. The van der Waals surface area contributed by atoms with Gasteiger partial charge in [-0.1, -0.05) is 5.92 Å². The largest absolute Gasteiger partial charge is 0.450 e. The van der Waals surface area contributed by atoms with Gasteiger partial charge in [0.1, 0.15) is 0 Å². The number of hydrogen-bond acceptors (Lipinski definition) is 3. The lowest BCUT2D eigenvalue weighted by Crippen LogP contribution is -2.36. The minimum Gasteiger partial charge on any atom is -0.450 e. The van der Waals surface area contributed by atoms with E-state index in [1.54, 1.807) is 6.92 Å². The van der Waals surface area contributed by atoms with Crippen LogP contribution in [0.2, 0.25) is 0 Å². The Morgan fingerprint density at radius 1 is 1.71 bits per heavy atom. The van der Waals surface area contributed by atoms with Crippen molar-refractivity contribution in [1.82, 2.24) is 10.6 Å². The lowest BCUT2D eigenvalue weighted by molar-refractivity contribution is 0.148. The van der Waals surface area contributed by atoms with Crippen molar-refractivity contribution < 1.29 is 9.53 Å². The maximum absolute atomic E-state index is 11.1. The van der Waals surface area contributed by atoms with Gasteiger partial charge in [0.05, 0.1) is 12.6 Å². The van der Waals surface area contributed by atoms with Gasteiger partial charge in [-0.05, 0) is 20.3 Å². The summed E-state index contributed by atoms with van der Waals surface area (Å²) in [6.45, 7) is 4.77. The minimum atomic E-state index is -0.343. The van der Waals surface area contributed by atoms with Crippen molar-refractivity contribution in [2.45, 2.75) is 32.4 Å². The molecule has 1 aliphatic rings. The zero-order valence-corrected chi connectivity index (χ0v) is 8.59. The number of carbonyl (C=O) groups is 1. The SMILES string of the molecule is CC#CC1C[C@H](NC(=O)OCC)CN1. The maximum Gasteiger partial charge on any atom is 0.407 e. The second kappa shape index (κ2) is 5.51. The van der Waals surface area contributed by atoms with Gasteiger partial charge in [-0.3, -0.25) is 0 Å². The van der Waals surface area contributed by atoms with Crippen molar-refractivity contribution in [3.63, 3.8) is 0 Å². The maximum atomic E-state index is 11.1. The highest BCUT2D eigenvalue weighted by Gasteiger charge is 2.23. The number of rotatable bonds is 2. The van der Waals surface area contributed by atoms with Crippen molar-refractivity contribution in [2.24, 2.45) is 0 Å². The van der Waals surface area contributed by atoms with Gasteiger partial charge in [-0.2, -0.15) is 0 Å². The first kappa shape index (κ1) is 10.9. The summed E-state index contributed by atoms with van der Waals surface area (Å²) in [5, 5.41) is 5.99. The Labute approximate surface area is 84.4 Å². The van der Waals surface area contributed by atoms with Crippen LogP contribution in [0.5, 0.6) is 0 Å². The molecular weight excluding hydrogens is 180 g/mol. The predicted octanol–water partition coefficient (Wildman–Crippen LogP) is 0.486. The number of hydrogen-bond donors (Lipinski definition) is 2. The quantitative estimate of drug-likeness (QED) is 0.632. The second-order valence-corrected chi connectivity index (χ2v) is 3.15. The Kier molecular flexibility index (Phi) is 4.27. The third-order valence-electron chi connectivity index (χ3n) is 2.05. The molecule has 0 aromatic rings. The molecule has 1 rings (SSSR count). The smallest absolute Gasteiger partial charge is 0.407 e. The van der Waals surface area contributed by atoms with Crippen molar-refractivity contribution >= 4 is 6.09 Å². The fourth-order valence-corrected chi connectivity index (χ4v) is 1.47. The summed E-state index contributed by atoms with van der Waals surface area (Å²) < 4.78 is 4.79. The lowest BCUT2D eigenvalue weighted by Gasteiger charge is -2.10. The molecule has 0 aromatic heterocycles. The van der Waals surface area contributed by atoms with E-state index in [4.69, 9.17) is 4.74 Å². The number of alkyl carbamates (subject to hydrolysis) is 1. The van der Waals surface area contributed by atoms with E-state index >= 15 is 0 Å². The van der Waals surface area contributed by atoms with Crippen molar-refractivity contribution in [3.8, 4) is 11.8 Å². The van der Waals surface area contributed by atoms with Crippen LogP contribution < -0.4 is 10.6 Å². The first-order valence-electron chi connectivity index (χ1n) is 4.85. The first-order valence-corrected chi connectivity index (χ1v) is 4.85. The van der Waals surface area contributed by atoms with Gasteiger partial charge in [0.15, 0.2) is 0 Å². The summed E-state index contributed by atoms with van der Waals surface area (Å²) in [5.74, 6) is 5.88. The van der Waals surface area contributed by atoms with Crippen LogP contribution >= 0.6 is 0 Å². The van der Waals surface area contributed by atoms with E-state index in [2.05, 4.69) is 22.5 Å². The van der Waals surface area contributed by atoms with Gasteiger partial charge in [0.2, 0.25) is 0 Å². The lowest BCUT2D eigenvalue weighted by atomic mass is 10.2. The first-order chi connectivity index (χ1) is 6.76. The normalized spacial score (nSPS) is 25.0. The van der Waals surface area contributed by atoms with Crippen LogP contribution in [0.4, 0.5) is 4.79 Å². The van der Waals surface area contributed by atoms with Crippen molar-refractivity contribution in [3.05, 3.63) is 0 Å². The van der Waals surface area contributed by atoms with Gasteiger partial charge < -0.3 is 15.4 Å². The van der Waals surface area contributed by atoms with E-state index in [1.807, 2.05) is 6.92 Å². The molecule has 78 valence electrons. The van der Waals surface area contributed by atoms with E-state index in [0.717, 1.165) is 13.0 Å². The van der Waals surface area contributed by atoms with Crippen LogP contribution in [0.3, 0.4) is 0 Å². The third-order valence-corrected chi connectivity index (χ3v) is 2.05. The molecule has 1 saturated heterocycles. The molecule has 0 saturated carbocycles. The highest BCUT2D eigenvalue weighted by Crippen LogP contribution is 2.05. The molecule has 1 amide bonds. The van der Waals surface area contributed by atoms with Crippen LogP contribution in [-0.2, 0) is 4.74 Å². The minimum absolute atomic E-state index is 0.139.